The summed E-state index contributed by atoms with van der Waals surface area (Å²) in [6.45, 7) is 4.07. The van der Waals surface area contributed by atoms with Crippen LogP contribution >= 0.6 is 0 Å². The van der Waals surface area contributed by atoms with Gasteiger partial charge in [-0.25, -0.2) is 4.98 Å². The number of carbonyl (C=O) groups excluding carboxylic acids is 1. The number of pyridine rings is 3. The SMILES string of the molecule is Cc1ncc(NC(=O)c2cncc(N(C)C)c2)cc1-c1ccnc(N2CCCCC2)c1. The second kappa shape index (κ2) is 9.12. The molecule has 0 unspecified atom stereocenters. The Morgan fingerprint density at radius 1 is 1.03 bits per heavy atom. The second-order valence-corrected chi connectivity index (χ2v) is 8.09. The van der Waals surface area contributed by atoms with Crippen LogP contribution in [0.4, 0.5) is 17.2 Å². The van der Waals surface area contributed by atoms with Gasteiger partial charge >= 0.3 is 0 Å². The van der Waals surface area contributed by atoms with Gasteiger partial charge in [0, 0.05) is 50.8 Å². The summed E-state index contributed by atoms with van der Waals surface area (Å²) >= 11 is 0. The van der Waals surface area contributed by atoms with Gasteiger partial charge in [0.25, 0.3) is 5.91 Å². The normalized spacial score (nSPS) is 13.7. The predicted molar refractivity (Wildman–Crippen MR) is 125 cm³/mol. The minimum absolute atomic E-state index is 0.212. The number of aryl methyl sites for hydroxylation is 1. The summed E-state index contributed by atoms with van der Waals surface area (Å²) in [7, 11) is 3.84. The average Bonchev–Trinajstić information content (AvgIpc) is 2.81. The van der Waals surface area contributed by atoms with Crippen molar-refractivity contribution in [3.05, 3.63) is 60.3 Å². The van der Waals surface area contributed by atoms with Gasteiger partial charge in [-0.15, -0.1) is 0 Å². The van der Waals surface area contributed by atoms with Crippen LogP contribution in [-0.4, -0.2) is 48.0 Å². The standard InChI is InChI=1S/C24H28N6O/c1-17-22(18-7-8-26-23(12-18)30-9-5-4-6-10-30)13-20(15-27-17)28-24(31)19-11-21(29(2)3)16-25-14-19/h7-8,11-16H,4-6,9-10H2,1-3H3,(H,28,31). The lowest BCUT2D eigenvalue weighted by atomic mass is 10.0. The molecule has 1 aliphatic heterocycles. The van der Waals surface area contributed by atoms with Crippen molar-refractivity contribution < 1.29 is 4.79 Å². The van der Waals surface area contributed by atoms with E-state index in [9.17, 15) is 4.79 Å². The van der Waals surface area contributed by atoms with Gasteiger partial charge in [0.05, 0.1) is 29.3 Å². The first kappa shape index (κ1) is 20.8. The number of rotatable bonds is 5. The van der Waals surface area contributed by atoms with Crippen LogP contribution in [0, 0.1) is 6.92 Å². The quantitative estimate of drug-likeness (QED) is 0.673. The number of carbonyl (C=O) groups is 1. The number of anilines is 3. The van der Waals surface area contributed by atoms with E-state index < -0.39 is 0 Å². The fourth-order valence-corrected chi connectivity index (χ4v) is 3.78. The molecule has 0 bridgehead atoms. The summed E-state index contributed by atoms with van der Waals surface area (Å²) in [5, 5.41) is 2.95. The van der Waals surface area contributed by atoms with Crippen LogP contribution in [0.5, 0.6) is 0 Å². The maximum Gasteiger partial charge on any atom is 0.257 e. The molecule has 0 aromatic carbocycles. The third-order valence-corrected chi connectivity index (χ3v) is 5.58. The Kier molecular flexibility index (Phi) is 6.11. The molecule has 160 valence electrons. The monoisotopic (exact) mass is 416 g/mol. The molecule has 0 spiro atoms. The highest BCUT2D eigenvalue weighted by molar-refractivity contribution is 6.04. The third kappa shape index (κ3) is 4.82. The molecular formula is C24H28N6O. The smallest absolute Gasteiger partial charge is 0.257 e. The van der Waals surface area contributed by atoms with Gasteiger partial charge in [0.1, 0.15) is 5.82 Å². The molecule has 7 nitrogen and oxygen atoms in total. The zero-order valence-corrected chi connectivity index (χ0v) is 18.3. The van der Waals surface area contributed by atoms with Gasteiger partial charge in [-0.05, 0) is 56.0 Å². The Hall–Kier alpha value is -3.48. The molecule has 3 aromatic rings. The average molecular weight is 417 g/mol. The molecule has 1 aliphatic rings. The van der Waals surface area contributed by atoms with E-state index in [2.05, 4.69) is 31.2 Å². The minimum atomic E-state index is -0.212. The van der Waals surface area contributed by atoms with Gasteiger partial charge in [-0.2, -0.15) is 0 Å². The summed E-state index contributed by atoms with van der Waals surface area (Å²) in [5.74, 6) is 0.786. The molecule has 31 heavy (non-hydrogen) atoms. The number of hydrogen-bond acceptors (Lipinski definition) is 6. The number of amides is 1. The molecular weight excluding hydrogens is 388 g/mol. The van der Waals surface area contributed by atoms with Crippen molar-refractivity contribution >= 4 is 23.1 Å². The van der Waals surface area contributed by atoms with Crippen LogP contribution in [0.3, 0.4) is 0 Å². The predicted octanol–water partition coefficient (Wildman–Crippen LogP) is 4.16. The molecule has 7 heteroatoms. The highest BCUT2D eigenvalue weighted by Gasteiger charge is 2.15. The Labute approximate surface area is 183 Å². The van der Waals surface area contributed by atoms with Crippen LogP contribution in [0.25, 0.3) is 11.1 Å². The third-order valence-electron chi connectivity index (χ3n) is 5.58. The molecule has 1 fully saturated rings. The molecule has 1 amide bonds. The Morgan fingerprint density at radius 3 is 2.61 bits per heavy atom. The van der Waals surface area contributed by atoms with E-state index in [0.717, 1.165) is 41.4 Å². The first-order valence-electron chi connectivity index (χ1n) is 10.6. The Bertz CT molecular complexity index is 1080. The van der Waals surface area contributed by atoms with Crippen LogP contribution < -0.4 is 15.1 Å². The van der Waals surface area contributed by atoms with Gasteiger partial charge in [0.15, 0.2) is 0 Å². The van der Waals surface area contributed by atoms with Crippen molar-refractivity contribution in [1.82, 2.24) is 15.0 Å². The number of piperidine rings is 1. The molecule has 0 radical (unpaired) electrons. The summed E-state index contributed by atoms with van der Waals surface area (Å²) in [5.41, 5.74) is 4.97. The molecule has 1 N–H and O–H groups in total. The second-order valence-electron chi connectivity index (χ2n) is 8.09. The summed E-state index contributed by atoms with van der Waals surface area (Å²) in [6.07, 6.45) is 10.5. The lowest BCUT2D eigenvalue weighted by Gasteiger charge is -2.28. The van der Waals surface area contributed by atoms with Crippen molar-refractivity contribution in [3.8, 4) is 11.1 Å². The van der Waals surface area contributed by atoms with E-state index in [1.54, 1.807) is 18.6 Å². The van der Waals surface area contributed by atoms with Crippen molar-refractivity contribution in [2.45, 2.75) is 26.2 Å². The van der Waals surface area contributed by atoms with Gasteiger partial charge < -0.3 is 15.1 Å². The van der Waals surface area contributed by atoms with E-state index >= 15 is 0 Å². The largest absolute Gasteiger partial charge is 0.376 e. The highest BCUT2D eigenvalue weighted by Crippen LogP contribution is 2.28. The number of hydrogen-bond donors (Lipinski definition) is 1. The topological polar surface area (TPSA) is 74.2 Å². The van der Waals surface area contributed by atoms with Crippen LogP contribution in [0.1, 0.15) is 35.3 Å². The molecule has 3 aromatic heterocycles. The van der Waals surface area contributed by atoms with Crippen LogP contribution in [0.15, 0.2) is 49.1 Å². The maximum atomic E-state index is 12.8. The maximum absolute atomic E-state index is 12.8. The van der Waals surface area contributed by atoms with Gasteiger partial charge in [-0.3, -0.25) is 14.8 Å². The van der Waals surface area contributed by atoms with Gasteiger partial charge in [0.2, 0.25) is 0 Å². The van der Waals surface area contributed by atoms with Crippen LogP contribution in [-0.2, 0) is 0 Å². The fraction of sp³-hybridized carbons (Fsp3) is 0.333. The Balaban J connectivity index is 1.58. The zero-order valence-electron chi connectivity index (χ0n) is 18.3. The minimum Gasteiger partial charge on any atom is -0.376 e. The van der Waals surface area contributed by atoms with E-state index in [0.29, 0.717) is 11.3 Å². The van der Waals surface area contributed by atoms with E-state index in [-0.39, 0.29) is 5.91 Å². The fourth-order valence-electron chi connectivity index (χ4n) is 3.78. The van der Waals surface area contributed by atoms with E-state index in [4.69, 9.17) is 0 Å². The molecule has 0 aliphatic carbocycles. The first-order chi connectivity index (χ1) is 15.0. The van der Waals surface area contributed by atoms with E-state index in [1.165, 1.54) is 19.3 Å². The summed E-state index contributed by atoms with van der Waals surface area (Å²) in [4.78, 5) is 30.3. The van der Waals surface area contributed by atoms with Gasteiger partial charge in [-0.1, -0.05) is 0 Å². The van der Waals surface area contributed by atoms with Crippen molar-refractivity contribution in [2.24, 2.45) is 0 Å². The highest BCUT2D eigenvalue weighted by atomic mass is 16.1. The van der Waals surface area contributed by atoms with Crippen molar-refractivity contribution in [2.75, 3.05) is 42.3 Å². The first-order valence-corrected chi connectivity index (χ1v) is 10.6. The van der Waals surface area contributed by atoms with Crippen molar-refractivity contribution in [3.63, 3.8) is 0 Å². The molecule has 0 atom stereocenters. The lowest BCUT2D eigenvalue weighted by molar-refractivity contribution is 0.102. The molecule has 1 saturated heterocycles. The summed E-state index contributed by atoms with van der Waals surface area (Å²) < 4.78 is 0. The lowest BCUT2D eigenvalue weighted by Crippen LogP contribution is -2.30. The number of aromatic nitrogens is 3. The number of nitrogens with zero attached hydrogens (tertiary/aromatic N) is 5. The van der Waals surface area contributed by atoms with Crippen LogP contribution in [0.2, 0.25) is 0 Å². The molecule has 0 saturated carbocycles. The van der Waals surface area contributed by atoms with E-state index in [1.807, 2.05) is 50.3 Å². The molecule has 4 rings (SSSR count). The molecule has 4 heterocycles. The summed E-state index contributed by atoms with van der Waals surface area (Å²) in [6, 6.07) is 7.90. The number of nitrogens with one attached hydrogen (secondary N) is 1. The Morgan fingerprint density at radius 2 is 1.84 bits per heavy atom. The van der Waals surface area contributed by atoms with Crippen molar-refractivity contribution in [1.29, 1.82) is 0 Å². The zero-order chi connectivity index (χ0) is 21.8.